The number of rotatable bonds is 3. The highest BCUT2D eigenvalue weighted by atomic mass is 16.3. The lowest BCUT2D eigenvalue weighted by Crippen LogP contribution is -1.99. The molecule has 3 heterocycles. The molecule has 5 nitrogen and oxygen atoms in total. The maximum atomic E-state index is 5.48. The maximum Gasteiger partial charge on any atom is 0.218 e. The summed E-state index contributed by atoms with van der Waals surface area (Å²) in [5, 5.41) is 9.95. The monoisotopic (exact) mass is 352 g/mol. The zero-order valence-corrected chi connectivity index (χ0v) is 14.7. The Hall–Kier alpha value is -3.73. The van der Waals surface area contributed by atoms with Crippen molar-refractivity contribution in [2.24, 2.45) is 7.05 Å². The summed E-state index contributed by atoms with van der Waals surface area (Å²) in [4.78, 5) is 4.84. The number of benzene rings is 2. The first-order valence-corrected chi connectivity index (χ1v) is 8.70. The van der Waals surface area contributed by atoms with E-state index in [4.69, 9.17) is 9.40 Å². The SMILES string of the molecule is Cn1cc(-c2nc(-c3ccco3)nnc2-c2ccccc2)c2ccccc21. The van der Waals surface area contributed by atoms with E-state index >= 15 is 0 Å². The fraction of sp³-hybridized carbons (Fsp3) is 0.0455. The van der Waals surface area contributed by atoms with Crippen LogP contribution in [0.2, 0.25) is 0 Å². The minimum Gasteiger partial charge on any atom is -0.461 e. The van der Waals surface area contributed by atoms with Gasteiger partial charge in [0.1, 0.15) is 11.4 Å². The Kier molecular flexibility index (Phi) is 3.57. The lowest BCUT2D eigenvalue weighted by atomic mass is 10.0. The van der Waals surface area contributed by atoms with Crippen LogP contribution >= 0.6 is 0 Å². The molecule has 27 heavy (non-hydrogen) atoms. The summed E-state index contributed by atoms with van der Waals surface area (Å²) in [7, 11) is 2.04. The fourth-order valence-electron chi connectivity index (χ4n) is 3.34. The van der Waals surface area contributed by atoms with Crippen LogP contribution in [0.25, 0.3) is 45.0 Å². The number of hydrogen-bond acceptors (Lipinski definition) is 4. The molecular weight excluding hydrogens is 336 g/mol. The average Bonchev–Trinajstić information content (AvgIpc) is 3.37. The molecule has 0 saturated carbocycles. The molecule has 0 amide bonds. The molecule has 0 unspecified atom stereocenters. The van der Waals surface area contributed by atoms with Gasteiger partial charge in [0.25, 0.3) is 0 Å². The van der Waals surface area contributed by atoms with Gasteiger partial charge < -0.3 is 8.98 Å². The predicted octanol–water partition coefficient (Wildman–Crippen LogP) is 4.96. The zero-order valence-electron chi connectivity index (χ0n) is 14.7. The predicted molar refractivity (Wildman–Crippen MR) is 105 cm³/mol. The van der Waals surface area contributed by atoms with Gasteiger partial charge in [-0.1, -0.05) is 48.5 Å². The van der Waals surface area contributed by atoms with Gasteiger partial charge in [0, 0.05) is 35.3 Å². The van der Waals surface area contributed by atoms with Gasteiger partial charge in [-0.05, 0) is 18.2 Å². The average molecular weight is 352 g/mol. The molecule has 5 rings (SSSR count). The van der Waals surface area contributed by atoms with Crippen LogP contribution in [0.4, 0.5) is 0 Å². The third-order valence-electron chi connectivity index (χ3n) is 4.63. The fourth-order valence-corrected chi connectivity index (χ4v) is 3.34. The van der Waals surface area contributed by atoms with Gasteiger partial charge in [-0.25, -0.2) is 4.98 Å². The highest BCUT2D eigenvalue weighted by molar-refractivity contribution is 5.98. The number of aromatic nitrogens is 4. The van der Waals surface area contributed by atoms with Crippen LogP contribution in [0.15, 0.2) is 83.6 Å². The normalized spacial score (nSPS) is 11.1. The van der Waals surface area contributed by atoms with Crippen molar-refractivity contribution in [1.82, 2.24) is 19.7 Å². The first-order chi connectivity index (χ1) is 13.3. The lowest BCUT2D eigenvalue weighted by Gasteiger charge is -2.08. The second-order valence-electron chi connectivity index (χ2n) is 6.35. The summed E-state index contributed by atoms with van der Waals surface area (Å²) < 4.78 is 7.58. The minimum absolute atomic E-state index is 0.475. The van der Waals surface area contributed by atoms with Crippen molar-refractivity contribution in [2.75, 3.05) is 0 Å². The Morgan fingerprint density at radius 1 is 0.815 bits per heavy atom. The molecule has 0 aliphatic carbocycles. The molecular formula is C22H16N4O. The third kappa shape index (κ3) is 2.60. The van der Waals surface area contributed by atoms with E-state index in [2.05, 4.69) is 33.1 Å². The van der Waals surface area contributed by atoms with Crippen LogP contribution in [0, 0.1) is 0 Å². The van der Waals surface area contributed by atoms with Gasteiger partial charge in [0.05, 0.1) is 6.26 Å². The number of aryl methyl sites for hydroxylation is 1. The summed E-state index contributed by atoms with van der Waals surface area (Å²) in [6, 6.07) is 21.9. The molecule has 5 heteroatoms. The molecule has 0 atom stereocenters. The third-order valence-corrected chi connectivity index (χ3v) is 4.63. The molecule has 0 aliphatic rings. The molecule has 0 radical (unpaired) electrons. The van der Waals surface area contributed by atoms with E-state index in [1.807, 2.05) is 61.6 Å². The van der Waals surface area contributed by atoms with Gasteiger partial charge in [-0.2, -0.15) is 0 Å². The van der Waals surface area contributed by atoms with Crippen LogP contribution in [0.5, 0.6) is 0 Å². The second kappa shape index (κ2) is 6.21. The summed E-state index contributed by atoms with van der Waals surface area (Å²) in [5.41, 5.74) is 4.69. The number of hydrogen-bond donors (Lipinski definition) is 0. The molecule has 0 bridgehead atoms. The van der Waals surface area contributed by atoms with E-state index in [1.54, 1.807) is 6.26 Å². The highest BCUT2D eigenvalue weighted by Gasteiger charge is 2.19. The number of para-hydroxylation sites is 1. The zero-order chi connectivity index (χ0) is 18.2. The Bertz CT molecular complexity index is 1220. The van der Waals surface area contributed by atoms with Gasteiger partial charge in [-0.3, -0.25) is 0 Å². The maximum absolute atomic E-state index is 5.48. The van der Waals surface area contributed by atoms with Crippen LogP contribution in [-0.4, -0.2) is 19.7 Å². The van der Waals surface area contributed by atoms with Gasteiger partial charge in [-0.15, -0.1) is 10.2 Å². The van der Waals surface area contributed by atoms with Crippen molar-refractivity contribution >= 4 is 10.9 Å². The smallest absolute Gasteiger partial charge is 0.218 e. The number of nitrogens with zero attached hydrogens (tertiary/aromatic N) is 4. The standard InChI is InChI=1S/C22H16N4O/c1-26-14-17(16-10-5-6-11-18(16)26)21-20(15-8-3-2-4-9-15)24-25-22(23-21)19-12-7-13-27-19/h2-14H,1H3. The number of furan rings is 1. The van der Waals surface area contributed by atoms with E-state index in [-0.39, 0.29) is 0 Å². The largest absolute Gasteiger partial charge is 0.461 e. The molecule has 2 aromatic carbocycles. The topological polar surface area (TPSA) is 56.7 Å². The van der Waals surface area contributed by atoms with E-state index in [0.717, 1.165) is 33.4 Å². The first-order valence-electron chi connectivity index (χ1n) is 8.70. The lowest BCUT2D eigenvalue weighted by molar-refractivity contribution is 0.576. The Morgan fingerprint density at radius 3 is 2.44 bits per heavy atom. The van der Waals surface area contributed by atoms with Gasteiger partial charge >= 0.3 is 0 Å². The van der Waals surface area contributed by atoms with Gasteiger partial charge in [0.2, 0.25) is 5.82 Å². The first kappa shape index (κ1) is 15.5. The molecule has 0 aliphatic heterocycles. The van der Waals surface area contributed by atoms with E-state index in [0.29, 0.717) is 11.6 Å². The van der Waals surface area contributed by atoms with Crippen LogP contribution < -0.4 is 0 Å². The van der Waals surface area contributed by atoms with Crippen molar-refractivity contribution in [2.45, 2.75) is 0 Å². The molecule has 130 valence electrons. The van der Waals surface area contributed by atoms with Crippen LogP contribution in [0.3, 0.4) is 0 Å². The Balaban J connectivity index is 1.81. The summed E-state index contributed by atoms with van der Waals surface area (Å²) in [6.45, 7) is 0. The van der Waals surface area contributed by atoms with Crippen molar-refractivity contribution < 1.29 is 4.42 Å². The van der Waals surface area contributed by atoms with Crippen LogP contribution in [0.1, 0.15) is 0 Å². The van der Waals surface area contributed by atoms with Crippen molar-refractivity contribution in [3.63, 3.8) is 0 Å². The highest BCUT2D eigenvalue weighted by Crippen LogP contribution is 2.35. The van der Waals surface area contributed by atoms with E-state index in [9.17, 15) is 0 Å². The molecule has 0 fully saturated rings. The summed E-state index contributed by atoms with van der Waals surface area (Å²) in [6.07, 6.45) is 3.70. The number of fused-ring (bicyclic) bond motifs is 1. The van der Waals surface area contributed by atoms with Crippen molar-refractivity contribution in [1.29, 1.82) is 0 Å². The minimum atomic E-state index is 0.475. The molecule has 0 saturated heterocycles. The second-order valence-corrected chi connectivity index (χ2v) is 6.35. The van der Waals surface area contributed by atoms with Gasteiger partial charge in [0.15, 0.2) is 5.76 Å². The van der Waals surface area contributed by atoms with E-state index < -0.39 is 0 Å². The molecule has 0 spiro atoms. The molecule has 0 N–H and O–H groups in total. The Labute approximate surface area is 155 Å². The van der Waals surface area contributed by atoms with E-state index in [1.165, 1.54) is 0 Å². The summed E-state index contributed by atoms with van der Waals surface area (Å²) >= 11 is 0. The summed E-state index contributed by atoms with van der Waals surface area (Å²) in [5.74, 6) is 1.08. The molecule has 5 aromatic rings. The quantitative estimate of drug-likeness (QED) is 0.461. The van der Waals surface area contributed by atoms with Crippen LogP contribution in [-0.2, 0) is 7.05 Å². The van der Waals surface area contributed by atoms with Crippen molar-refractivity contribution in [3.05, 3.63) is 79.2 Å². The Morgan fingerprint density at radius 2 is 1.63 bits per heavy atom. The van der Waals surface area contributed by atoms with Crippen molar-refractivity contribution in [3.8, 4) is 34.1 Å². The molecule has 3 aromatic heterocycles.